The SMILES string of the molecule is CC.CC.Cc1cc(C#N)ccc1NCN.Cc1ccc(CN2CCOCC2)cn1. The standard InChI is InChI=1S/C11H16N2O.C9H11N3.2C2H6/c1-10-2-3-11(8-12-10)9-13-4-6-14-7-5-13;1-7-4-8(5-10)2-3-9(7)12-6-11;2*1-2/h2-3,8H,4-7,9H2,1H3;2-4,12H,6,11H2,1H3;2*1-2H3. The van der Waals surface area contributed by atoms with Crippen LogP contribution in [0.4, 0.5) is 5.69 Å². The fourth-order valence-electron chi connectivity index (χ4n) is 2.65. The molecule has 0 aliphatic carbocycles. The van der Waals surface area contributed by atoms with Crippen LogP contribution in [0.2, 0.25) is 0 Å². The zero-order valence-corrected chi connectivity index (χ0v) is 19.5. The molecular formula is C24H39N5O. The van der Waals surface area contributed by atoms with Crippen LogP contribution in [0.1, 0.15) is 50.1 Å². The normalized spacial score (nSPS) is 12.6. The summed E-state index contributed by atoms with van der Waals surface area (Å²) in [5.41, 5.74) is 10.4. The first kappa shape index (κ1) is 27.5. The minimum atomic E-state index is 0.409. The Morgan fingerprint density at radius 3 is 2.27 bits per heavy atom. The maximum atomic E-state index is 8.59. The number of nitrogens with zero attached hydrogens (tertiary/aromatic N) is 3. The molecule has 0 radical (unpaired) electrons. The minimum absolute atomic E-state index is 0.409. The second-order valence-electron chi connectivity index (χ2n) is 6.22. The molecule has 1 aliphatic rings. The highest BCUT2D eigenvalue weighted by molar-refractivity contribution is 5.53. The summed E-state index contributed by atoms with van der Waals surface area (Å²) in [6.45, 7) is 17.2. The molecule has 166 valence electrons. The van der Waals surface area contributed by atoms with Crippen molar-refractivity contribution in [3.05, 3.63) is 58.9 Å². The molecule has 0 unspecified atom stereocenters. The molecule has 1 fully saturated rings. The maximum absolute atomic E-state index is 8.59. The first-order valence-corrected chi connectivity index (χ1v) is 10.8. The number of morpholine rings is 1. The Morgan fingerprint density at radius 2 is 1.77 bits per heavy atom. The molecule has 0 atom stereocenters. The molecule has 3 N–H and O–H groups in total. The van der Waals surface area contributed by atoms with E-state index in [4.69, 9.17) is 15.7 Å². The molecule has 2 aromatic rings. The van der Waals surface area contributed by atoms with Crippen molar-refractivity contribution in [2.45, 2.75) is 48.1 Å². The van der Waals surface area contributed by atoms with E-state index in [1.807, 2.05) is 59.9 Å². The number of nitrogens with one attached hydrogen (secondary N) is 1. The van der Waals surface area contributed by atoms with Crippen molar-refractivity contribution in [2.75, 3.05) is 38.3 Å². The van der Waals surface area contributed by atoms with Gasteiger partial charge in [-0.15, -0.1) is 0 Å². The third kappa shape index (κ3) is 10.9. The van der Waals surface area contributed by atoms with Crippen LogP contribution in [0, 0.1) is 25.2 Å². The predicted octanol–water partition coefficient (Wildman–Crippen LogP) is 4.47. The van der Waals surface area contributed by atoms with Crippen molar-refractivity contribution >= 4 is 5.69 Å². The number of aromatic nitrogens is 1. The molecule has 3 rings (SSSR count). The van der Waals surface area contributed by atoms with Gasteiger partial charge in [-0.05, 0) is 49.2 Å². The monoisotopic (exact) mass is 413 g/mol. The Bertz CT molecular complexity index is 719. The molecule has 1 aromatic carbocycles. The minimum Gasteiger partial charge on any atom is -0.379 e. The van der Waals surface area contributed by atoms with E-state index in [-0.39, 0.29) is 0 Å². The predicted molar refractivity (Wildman–Crippen MR) is 126 cm³/mol. The summed E-state index contributed by atoms with van der Waals surface area (Å²) >= 11 is 0. The smallest absolute Gasteiger partial charge is 0.0991 e. The van der Waals surface area contributed by atoms with E-state index < -0.39 is 0 Å². The number of anilines is 1. The maximum Gasteiger partial charge on any atom is 0.0991 e. The highest BCUT2D eigenvalue weighted by Gasteiger charge is 2.10. The van der Waals surface area contributed by atoms with Crippen LogP contribution >= 0.6 is 0 Å². The van der Waals surface area contributed by atoms with Gasteiger partial charge in [-0.3, -0.25) is 9.88 Å². The van der Waals surface area contributed by atoms with Crippen LogP contribution < -0.4 is 11.1 Å². The van der Waals surface area contributed by atoms with Crippen LogP contribution in [0.15, 0.2) is 36.5 Å². The summed E-state index contributed by atoms with van der Waals surface area (Å²) in [5, 5.41) is 11.6. The van der Waals surface area contributed by atoms with Gasteiger partial charge in [-0.25, -0.2) is 0 Å². The van der Waals surface area contributed by atoms with Crippen LogP contribution in [0.25, 0.3) is 0 Å². The lowest BCUT2D eigenvalue weighted by Crippen LogP contribution is -2.35. The Morgan fingerprint density at radius 1 is 1.10 bits per heavy atom. The molecule has 30 heavy (non-hydrogen) atoms. The van der Waals surface area contributed by atoms with E-state index in [1.54, 1.807) is 6.07 Å². The zero-order valence-electron chi connectivity index (χ0n) is 19.5. The second-order valence-corrected chi connectivity index (χ2v) is 6.22. The molecule has 1 aromatic heterocycles. The fourth-order valence-corrected chi connectivity index (χ4v) is 2.65. The number of benzene rings is 1. The number of hydrogen-bond acceptors (Lipinski definition) is 6. The molecule has 0 bridgehead atoms. The summed E-state index contributed by atoms with van der Waals surface area (Å²) in [6, 6.07) is 11.8. The largest absolute Gasteiger partial charge is 0.379 e. The fraction of sp³-hybridized carbons (Fsp3) is 0.500. The van der Waals surface area contributed by atoms with Crippen molar-refractivity contribution in [2.24, 2.45) is 5.73 Å². The Kier molecular flexibility index (Phi) is 16.0. The lowest BCUT2D eigenvalue weighted by Gasteiger charge is -2.26. The third-order valence-corrected chi connectivity index (χ3v) is 4.13. The Hall–Kier alpha value is -2.46. The van der Waals surface area contributed by atoms with Crippen molar-refractivity contribution in [1.82, 2.24) is 9.88 Å². The van der Waals surface area contributed by atoms with Gasteiger partial charge in [0.1, 0.15) is 0 Å². The van der Waals surface area contributed by atoms with E-state index in [0.29, 0.717) is 12.2 Å². The van der Waals surface area contributed by atoms with Crippen LogP contribution in [0.5, 0.6) is 0 Å². The molecule has 1 aliphatic heterocycles. The van der Waals surface area contributed by atoms with Crippen molar-refractivity contribution in [3.8, 4) is 6.07 Å². The molecule has 2 heterocycles. The van der Waals surface area contributed by atoms with Gasteiger partial charge in [-0.1, -0.05) is 33.8 Å². The number of pyridine rings is 1. The number of ether oxygens (including phenoxy) is 1. The van der Waals surface area contributed by atoms with Gasteiger partial charge >= 0.3 is 0 Å². The van der Waals surface area contributed by atoms with Gasteiger partial charge in [0, 0.05) is 37.2 Å². The molecule has 6 heteroatoms. The summed E-state index contributed by atoms with van der Waals surface area (Å²) in [6.07, 6.45) is 1.96. The van der Waals surface area contributed by atoms with E-state index in [0.717, 1.165) is 49.8 Å². The molecule has 6 nitrogen and oxygen atoms in total. The van der Waals surface area contributed by atoms with Crippen molar-refractivity contribution < 1.29 is 4.74 Å². The molecular weight excluding hydrogens is 374 g/mol. The number of rotatable bonds is 4. The number of nitriles is 1. The van der Waals surface area contributed by atoms with E-state index in [1.165, 1.54) is 5.56 Å². The van der Waals surface area contributed by atoms with Gasteiger partial charge in [0.15, 0.2) is 0 Å². The first-order chi connectivity index (χ1) is 14.6. The topological polar surface area (TPSA) is 87.2 Å². The van der Waals surface area contributed by atoms with Crippen LogP contribution in [0.3, 0.4) is 0 Å². The number of aryl methyl sites for hydroxylation is 2. The summed E-state index contributed by atoms with van der Waals surface area (Å²) in [5.74, 6) is 0. The Balaban J connectivity index is 0.000000486. The number of nitrogens with two attached hydrogens (primary N) is 1. The van der Waals surface area contributed by atoms with Crippen LogP contribution in [-0.4, -0.2) is 42.9 Å². The average molecular weight is 414 g/mol. The highest BCUT2D eigenvalue weighted by Crippen LogP contribution is 2.15. The second kappa shape index (κ2) is 17.4. The van der Waals surface area contributed by atoms with Crippen molar-refractivity contribution in [3.63, 3.8) is 0 Å². The Labute approximate surface area is 183 Å². The quantitative estimate of drug-likeness (QED) is 0.719. The third-order valence-electron chi connectivity index (χ3n) is 4.13. The average Bonchev–Trinajstić information content (AvgIpc) is 2.81. The lowest BCUT2D eigenvalue weighted by atomic mass is 10.1. The first-order valence-electron chi connectivity index (χ1n) is 10.8. The number of hydrogen-bond donors (Lipinski definition) is 2. The molecule has 1 saturated heterocycles. The van der Waals surface area contributed by atoms with Crippen LogP contribution in [-0.2, 0) is 11.3 Å². The zero-order chi connectivity index (χ0) is 22.8. The summed E-state index contributed by atoms with van der Waals surface area (Å²) < 4.78 is 5.30. The highest BCUT2D eigenvalue weighted by atomic mass is 16.5. The van der Waals surface area contributed by atoms with E-state index >= 15 is 0 Å². The molecule has 0 spiro atoms. The van der Waals surface area contributed by atoms with Gasteiger partial charge in [0.25, 0.3) is 0 Å². The van der Waals surface area contributed by atoms with E-state index in [2.05, 4.69) is 33.4 Å². The van der Waals surface area contributed by atoms with Crippen molar-refractivity contribution in [1.29, 1.82) is 5.26 Å². The van der Waals surface area contributed by atoms with Gasteiger partial charge in [0.05, 0.1) is 31.5 Å². The molecule has 0 amide bonds. The summed E-state index contributed by atoms with van der Waals surface area (Å²) in [7, 11) is 0. The lowest BCUT2D eigenvalue weighted by molar-refractivity contribution is 0.0341. The molecule has 0 saturated carbocycles. The van der Waals surface area contributed by atoms with Gasteiger partial charge in [-0.2, -0.15) is 5.26 Å². The summed E-state index contributed by atoms with van der Waals surface area (Å²) in [4.78, 5) is 6.69. The van der Waals surface area contributed by atoms with Gasteiger partial charge < -0.3 is 15.8 Å². The van der Waals surface area contributed by atoms with Gasteiger partial charge in [0.2, 0.25) is 0 Å². The van der Waals surface area contributed by atoms with E-state index in [9.17, 15) is 0 Å².